The van der Waals surface area contributed by atoms with Crippen molar-refractivity contribution in [2.45, 2.75) is 25.5 Å². The Morgan fingerprint density at radius 3 is 2.33 bits per heavy atom. The van der Waals surface area contributed by atoms with Gasteiger partial charge in [0.25, 0.3) is 11.2 Å². The molecule has 2 aromatic rings. The quantitative estimate of drug-likeness (QED) is 0.499. The summed E-state index contributed by atoms with van der Waals surface area (Å²) in [5, 5.41) is 10.9. The van der Waals surface area contributed by atoms with Gasteiger partial charge in [-0.05, 0) is 12.1 Å². The van der Waals surface area contributed by atoms with Crippen molar-refractivity contribution >= 4 is 11.6 Å². The lowest BCUT2D eigenvalue weighted by atomic mass is 10.1. The van der Waals surface area contributed by atoms with Crippen LogP contribution in [0.4, 0.5) is 5.69 Å². The second-order valence-corrected chi connectivity index (χ2v) is 6.80. The van der Waals surface area contributed by atoms with Crippen molar-refractivity contribution < 1.29 is 23.9 Å². The third-order valence-corrected chi connectivity index (χ3v) is 4.95. The van der Waals surface area contributed by atoms with Crippen LogP contribution in [0.3, 0.4) is 0 Å². The van der Waals surface area contributed by atoms with Gasteiger partial charge in [-0.1, -0.05) is 6.07 Å². The number of piperidine rings is 1. The largest absolute Gasteiger partial charge is 0.493 e. The number of methoxy groups -OCH3 is 2. The summed E-state index contributed by atoms with van der Waals surface area (Å²) in [6.45, 7) is 0.654. The number of para-hydroxylation sites is 1. The SMILES string of the molecule is COc1cccc(OC)c1OC1CCN(C(=O)Cn2cc([N+](=O)[O-])ccc2=O)CC1. The van der Waals surface area contributed by atoms with Crippen molar-refractivity contribution in [3.05, 3.63) is 57.0 Å². The number of ether oxygens (including phenoxy) is 3. The zero-order chi connectivity index (χ0) is 21.7. The van der Waals surface area contributed by atoms with Crippen molar-refractivity contribution in [3.8, 4) is 17.2 Å². The van der Waals surface area contributed by atoms with E-state index in [9.17, 15) is 19.7 Å². The van der Waals surface area contributed by atoms with E-state index in [4.69, 9.17) is 14.2 Å². The highest BCUT2D eigenvalue weighted by Gasteiger charge is 2.26. The van der Waals surface area contributed by atoms with E-state index < -0.39 is 10.5 Å². The van der Waals surface area contributed by atoms with E-state index in [0.29, 0.717) is 43.2 Å². The maximum atomic E-state index is 12.6. The number of benzene rings is 1. The molecule has 2 heterocycles. The van der Waals surface area contributed by atoms with Gasteiger partial charge in [-0.15, -0.1) is 0 Å². The minimum Gasteiger partial charge on any atom is -0.493 e. The number of hydrogen-bond acceptors (Lipinski definition) is 7. The van der Waals surface area contributed by atoms with Gasteiger partial charge < -0.3 is 19.1 Å². The lowest BCUT2D eigenvalue weighted by Gasteiger charge is -2.32. The Morgan fingerprint density at radius 2 is 1.77 bits per heavy atom. The van der Waals surface area contributed by atoms with Crippen LogP contribution >= 0.6 is 0 Å². The number of hydrogen-bond donors (Lipinski definition) is 0. The third kappa shape index (κ3) is 4.70. The first-order valence-electron chi connectivity index (χ1n) is 9.43. The lowest BCUT2D eigenvalue weighted by Crippen LogP contribution is -2.44. The molecule has 0 saturated carbocycles. The van der Waals surface area contributed by atoms with Crippen LogP contribution in [0.1, 0.15) is 12.8 Å². The summed E-state index contributed by atoms with van der Waals surface area (Å²) < 4.78 is 17.8. The van der Waals surface area contributed by atoms with Crippen LogP contribution in [0.15, 0.2) is 41.3 Å². The third-order valence-electron chi connectivity index (χ3n) is 4.95. The zero-order valence-corrected chi connectivity index (χ0v) is 16.8. The van der Waals surface area contributed by atoms with Gasteiger partial charge >= 0.3 is 0 Å². The summed E-state index contributed by atoms with van der Waals surface area (Å²) in [5.74, 6) is 1.39. The molecule has 10 nitrogen and oxygen atoms in total. The fourth-order valence-electron chi connectivity index (χ4n) is 3.32. The van der Waals surface area contributed by atoms with Crippen molar-refractivity contribution in [3.63, 3.8) is 0 Å². The van der Waals surface area contributed by atoms with E-state index in [1.807, 2.05) is 6.07 Å². The van der Waals surface area contributed by atoms with Gasteiger partial charge in [0.2, 0.25) is 11.7 Å². The number of pyridine rings is 1. The molecular formula is C20H23N3O7. The van der Waals surface area contributed by atoms with Crippen LogP contribution in [0.25, 0.3) is 0 Å². The minimum absolute atomic E-state index is 0.125. The molecule has 0 aliphatic carbocycles. The molecule has 1 saturated heterocycles. The van der Waals surface area contributed by atoms with E-state index in [1.165, 1.54) is 0 Å². The molecule has 0 spiro atoms. The summed E-state index contributed by atoms with van der Waals surface area (Å²) in [6.07, 6.45) is 2.15. The van der Waals surface area contributed by atoms with Gasteiger partial charge in [0.15, 0.2) is 11.5 Å². The first-order valence-corrected chi connectivity index (χ1v) is 9.43. The molecule has 3 rings (SSSR count). The Bertz CT molecular complexity index is 958. The smallest absolute Gasteiger partial charge is 0.285 e. The van der Waals surface area contributed by atoms with Gasteiger partial charge in [0.05, 0.1) is 25.3 Å². The summed E-state index contributed by atoms with van der Waals surface area (Å²) in [5.41, 5.74) is -0.698. The van der Waals surface area contributed by atoms with Crippen LogP contribution < -0.4 is 19.8 Å². The second kappa shape index (κ2) is 9.29. The van der Waals surface area contributed by atoms with Crippen molar-refractivity contribution in [1.29, 1.82) is 0 Å². The van der Waals surface area contributed by atoms with E-state index in [-0.39, 0.29) is 24.2 Å². The van der Waals surface area contributed by atoms with Crippen LogP contribution in [-0.2, 0) is 11.3 Å². The highest BCUT2D eigenvalue weighted by atomic mass is 16.6. The average Bonchev–Trinajstić information content (AvgIpc) is 2.75. The highest BCUT2D eigenvalue weighted by molar-refractivity contribution is 5.76. The van der Waals surface area contributed by atoms with Crippen LogP contribution in [0.5, 0.6) is 17.2 Å². The maximum Gasteiger partial charge on any atom is 0.285 e. The summed E-state index contributed by atoms with van der Waals surface area (Å²) >= 11 is 0. The normalized spacial score (nSPS) is 14.3. The summed E-state index contributed by atoms with van der Waals surface area (Å²) in [4.78, 5) is 36.4. The van der Waals surface area contributed by atoms with Gasteiger partial charge in [0, 0.05) is 38.1 Å². The van der Waals surface area contributed by atoms with Gasteiger partial charge in [-0.3, -0.25) is 24.3 Å². The Balaban J connectivity index is 1.61. The topological polar surface area (TPSA) is 113 Å². The first-order chi connectivity index (χ1) is 14.4. The fraction of sp³-hybridized carbons (Fsp3) is 0.400. The fourth-order valence-corrected chi connectivity index (χ4v) is 3.32. The maximum absolute atomic E-state index is 12.6. The van der Waals surface area contributed by atoms with E-state index in [1.54, 1.807) is 31.3 Å². The summed E-state index contributed by atoms with van der Waals surface area (Å²) in [6, 6.07) is 7.59. The predicted octanol–water partition coefficient (Wildman–Crippen LogP) is 1.84. The number of carbonyl (C=O) groups is 1. The Labute approximate surface area is 172 Å². The molecular weight excluding hydrogens is 394 g/mol. The van der Waals surface area contributed by atoms with Gasteiger partial charge in [0.1, 0.15) is 12.6 Å². The Morgan fingerprint density at radius 1 is 1.13 bits per heavy atom. The molecule has 30 heavy (non-hydrogen) atoms. The van der Waals surface area contributed by atoms with Crippen molar-refractivity contribution in [2.24, 2.45) is 0 Å². The molecule has 1 aliphatic heterocycles. The lowest BCUT2D eigenvalue weighted by molar-refractivity contribution is -0.385. The van der Waals surface area contributed by atoms with Crippen LogP contribution in [0, 0.1) is 10.1 Å². The standard InChI is InChI=1S/C20H23N3O7/c1-28-16-4-3-5-17(29-2)20(16)30-15-8-10-21(11-9-15)19(25)13-22-12-14(23(26)27)6-7-18(22)24/h3-7,12,15H,8-11,13H2,1-2H3. The average molecular weight is 417 g/mol. The molecule has 0 radical (unpaired) electrons. The number of nitrogens with zero attached hydrogens (tertiary/aromatic N) is 3. The molecule has 1 amide bonds. The monoisotopic (exact) mass is 417 g/mol. The van der Waals surface area contributed by atoms with Crippen LogP contribution in [0.2, 0.25) is 0 Å². The van der Waals surface area contributed by atoms with E-state index >= 15 is 0 Å². The molecule has 1 aromatic carbocycles. The minimum atomic E-state index is -0.602. The molecule has 0 unspecified atom stereocenters. The molecule has 0 bridgehead atoms. The van der Waals surface area contributed by atoms with Crippen molar-refractivity contribution in [2.75, 3.05) is 27.3 Å². The molecule has 0 atom stereocenters. The molecule has 1 aromatic heterocycles. The Hall–Kier alpha value is -3.56. The number of aromatic nitrogens is 1. The first kappa shape index (κ1) is 21.2. The summed E-state index contributed by atoms with van der Waals surface area (Å²) in [7, 11) is 3.11. The number of carbonyl (C=O) groups excluding carboxylic acids is 1. The number of likely N-dealkylation sites (tertiary alicyclic amines) is 1. The predicted molar refractivity (Wildman–Crippen MR) is 107 cm³/mol. The second-order valence-electron chi connectivity index (χ2n) is 6.80. The molecule has 10 heteroatoms. The Kier molecular flexibility index (Phi) is 6.55. The number of nitro groups is 1. The number of amides is 1. The molecule has 1 aliphatic rings. The van der Waals surface area contributed by atoms with E-state index in [0.717, 1.165) is 22.9 Å². The van der Waals surface area contributed by atoms with Crippen molar-refractivity contribution in [1.82, 2.24) is 9.47 Å². The van der Waals surface area contributed by atoms with Gasteiger partial charge in [-0.2, -0.15) is 0 Å². The zero-order valence-electron chi connectivity index (χ0n) is 16.8. The molecule has 160 valence electrons. The van der Waals surface area contributed by atoms with Crippen LogP contribution in [-0.4, -0.2) is 53.7 Å². The van der Waals surface area contributed by atoms with Gasteiger partial charge in [-0.25, -0.2) is 0 Å². The highest BCUT2D eigenvalue weighted by Crippen LogP contribution is 2.38. The molecule has 1 fully saturated rings. The number of rotatable bonds is 7. The molecule has 0 N–H and O–H groups in total. The van der Waals surface area contributed by atoms with E-state index in [2.05, 4.69) is 0 Å².